The molecule has 1 heterocycles. The Morgan fingerprint density at radius 2 is 2.29 bits per heavy atom. The van der Waals surface area contributed by atoms with Crippen molar-refractivity contribution in [3.63, 3.8) is 0 Å². The van der Waals surface area contributed by atoms with Gasteiger partial charge in [0.15, 0.2) is 5.82 Å². The smallest absolute Gasteiger partial charge is 0.293 e. The Balaban J connectivity index is 2.31. The van der Waals surface area contributed by atoms with Crippen LogP contribution < -0.4 is 10.5 Å². The second-order valence-corrected chi connectivity index (χ2v) is 3.86. The fraction of sp³-hybridized carbons (Fsp3) is 0.600. The second-order valence-electron chi connectivity index (χ2n) is 3.86. The fourth-order valence-electron chi connectivity index (χ4n) is 1.67. The van der Waals surface area contributed by atoms with Crippen LogP contribution in [0.2, 0.25) is 0 Å². The average molecular weight is 193 g/mol. The van der Waals surface area contributed by atoms with E-state index in [1.165, 1.54) is 19.3 Å². The predicted octanol–water partition coefficient (Wildman–Crippen LogP) is 0.769. The Kier molecular flexibility index (Phi) is 2.27. The van der Waals surface area contributed by atoms with E-state index in [0.29, 0.717) is 11.9 Å². The number of aryl methyl sites for hydroxylation is 1. The molecule has 14 heavy (non-hydrogen) atoms. The van der Waals surface area contributed by atoms with Gasteiger partial charge in [0.2, 0.25) is 0 Å². The van der Waals surface area contributed by atoms with Crippen molar-refractivity contribution < 1.29 is 0 Å². The van der Waals surface area contributed by atoms with E-state index in [1.807, 2.05) is 11.9 Å². The first-order valence-electron chi connectivity index (χ1n) is 4.94. The molecule has 0 atom stereocenters. The summed E-state index contributed by atoms with van der Waals surface area (Å²) in [5.74, 6) is 0.569. The van der Waals surface area contributed by atoms with Gasteiger partial charge >= 0.3 is 0 Å². The highest BCUT2D eigenvalue weighted by molar-refractivity contribution is 5.36. The lowest BCUT2D eigenvalue weighted by atomic mass is 9.92. The van der Waals surface area contributed by atoms with Gasteiger partial charge in [-0.25, -0.2) is 4.98 Å². The first-order valence-corrected chi connectivity index (χ1v) is 4.94. The Labute approximate surface area is 83.2 Å². The van der Waals surface area contributed by atoms with E-state index < -0.39 is 0 Å². The minimum Gasteiger partial charge on any atom is -0.352 e. The minimum absolute atomic E-state index is 0.0121. The summed E-state index contributed by atoms with van der Waals surface area (Å²) in [6.07, 6.45) is 6.97. The van der Waals surface area contributed by atoms with Crippen LogP contribution in [0.15, 0.2) is 17.2 Å². The summed E-state index contributed by atoms with van der Waals surface area (Å²) in [6, 6.07) is 0.512. The molecule has 1 aromatic heterocycles. The fourth-order valence-corrected chi connectivity index (χ4v) is 1.67. The van der Waals surface area contributed by atoms with E-state index in [9.17, 15) is 4.79 Å². The molecule has 0 spiro atoms. The van der Waals surface area contributed by atoms with Crippen molar-refractivity contribution >= 4 is 5.82 Å². The van der Waals surface area contributed by atoms with Gasteiger partial charge in [-0.05, 0) is 19.3 Å². The summed E-state index contributed by atoms with van der Waals surface area (Å²) in [6.45, 7) is 0. The van der Waals surface area contributed by atoms with E-state index in [2.05, 4.69) is 4.98 Å². The molecule has 1 fully saturated rings. The van der Waals surface area contributed by atoms with Gasteiger partial charge in [0.05, 0.1) is 0 Å². The van der Waals surface area contributed by atoms with Crippen molar-refractivity contribution in [3.05, 3.63) is 22.7 Å². The standard InChI is InChI=1S/C10H15N3O/c1-12-7-6-11-9(10(12)14)13(2)8-4-3-5-8/h6-8H,3-5H2,1-2H3. The van der Waals surface area contributed by atoms with Gasteiger partial charge in [-0.15, -0.1) is 0 Å². The van der Waals surface area contributed by atoms with Gasteiger partial charge in [-0.2, -0.15) is 0 Å². The van der Waals surface area contributed by atoms with E-state index in [4.69, 9.17) is 0 Å². The van der Waals surface area contributed by atoms with E-state index >= 15 is 0 Å². The van der Waals surface area contributed by atoms with Crippen LogP contribution in [0.25, 0.3) is 0 Å². The third-order valence-corrected chi connectivity index (χ3v) is 2.96. The molecule has 1 aliphatic rings. The summed E-state index contributed by atoms with van der Waals surface area (Å²) in [5.41, 5.74) is -0.0121. The molecule has 0 radical (unpaired) electrons. The summed E-state index contributed by atoms with van der Waals surface area (Å²) in [7, 11) is 3.70. The van der Waals surface area contributed by atoms with Crippen molar-refractivity contribution in [2.45, 2.75) is 25.3 Å². The van der Waals surface area contributed by atoms with Crippen molar-refractivity contribution in [3.8, 4) is 0 Å². The molecule has 0 aliphatic heterocycles. The molecule has 4 heteroatoms. The molecule has 4 nitrogen and oxygen atoms in total. The number of hydrogen-bond acceptors (Lipinski definition) is 3. The van der Waals surface area contributed by atoms with E-state index in [1.54, 1.807) is 24.0 Å². The summed E-state index contributed by atoms with van der Waals surface area (Å²) in [5, 5.41) is 0. The molecule has 0 saturated heterocycles. The summed E-state index contributed by atoms with van der Waals surface area (Å²) in [4.78, 5) is 17.9. The Morgan fingerprint density at radius 1 is 1.57 bits per heavy atom. The molecular formula is C10H15N3O. The van der Waals surface area contributed by atoms with Crippen LogP contribution in [0.3, 0.4) is 0 Å². The van der Waals surface area contributed by atoms with Crippen LogP contribution in [-0.4, -0.2) is 22.6 Å². The zero-order chi connectivity index (χ0) is 10.1. The lowest BCUT2D eigenvalue weighted by Crippen LogP contribution is -2.41. The highest BCUT2D eigenvalue weighted by Crippen LogP contribution is 2.25. The maximum atomic E-state index is 11.7. The van der Waals surface area contributed by atoms with Gasteiger partial charge in [0.25, 0.3) is 5.56 Å². The van der Waals surface area contributed by atoms with Crippen LogP contribution in [0.1, 0.15) is 19.3 Å². The van der Waals surface area contributed by atoms with Gasteiger partial charge in [0.1, 0.15) is 0 Å². The Bertz CT molecular complexity index is 381. The van der Waals surface area contributed by atoms with Crippen molar-refractivity contribution in [1.82, 2.24) is 9.55 Å². The molecule has 1 aromatic rings. The molecule has 0 N–H and O–H groups in total. The zero-order valence-corrected chi connectivity index (χ0v) is 8.60. The molecule has 0 aromatic carbocycles. The Morgan fingerprint density at radius 3 is 2.86 bits per heavy atom. The van der Waals surface area contributed by atoms with E-state index in [-0.39, 0.29) is 5.56 Å². The molecule has 1 aliphatic carbocycles. The monoisotopic (exact) mass is 193 g/mol. The minimum atomic E-state index is -0.0121. The number of hydrogen-bond donors (Lipinski definition) is 0. The molecule has 0 unspecified atom stereocenters. The quantitative estimate of drug-likeness (QED) is 0.696. The third-order valence-electron chi connectivity index (χ3n) is 2.96. The SMILES string of the molecule is CN(c1nccn(C)c1=O)C1CCC1. The van der Waals surface area contributed by atoms with Crippen LogP contribution in [0.4, 0.5) is 5.82 Å². The summed E-state index contributed by atoms with van der Waals surface area (Å²) >= 11 is 0. The lowest BCUT2D eigenvalue weighted by Gasteiger charge is -2.34. The normalized spacial score (nSPS) is 16.4. The zero-order valence-electron chi connectivity index (χ0n) is 8.60. The molecule has 76 valence electrons. The average Bonchev–Trinajstić information content (AvgIpc) is 2.06. The second kappa shape index (κ2) is 3.44. The molecule has 0 bridgehead atoms. The van der Waals surface area contributed by atoms with Crippen LogP contribution in [0.5, 0.6) is 0 Å². The summed E-state index contributed by atoms with van der Waals surface area (Å²) < 4.78 is 1.57. The van der Waals surface area contributed by atoms with Gasteiger partial charge < -0.3 is 9.47 Å². The highest BCUT2D eigenvalue weighted by Gasteiger charge is 2.24. The van der Waals surface area contributed by atoms with Crippen LogP contribution in [0, 0.1) is 0 Å². The lowest BCUT2D eigenvalue weighted by molar-refractivity contribution is 0.398. The van der Waals surface area contributed by atoms with Crippen LogP contribution in [-0.2, 0) is 7.05 Å². The molecule has 2 rings (SSSR count). The van der Waals surface area contributed by atoms with Gasteiger partial charge in [-0.3, -0.25) is 4.79 Å². The Hall–Kier alpha value is -1.32. The third kappa shape index (κ3) is 1.41. The topological polar surface area (TPSA) is 38.1 Å². The van der Waals surface area contributed by atoms with Crippen molar-refractivity contribution in [2.24, 2.45) is 7.05 Å². The molecule has 0 amide bonds. The first-order chi connectivity index (χ1) is 6.70. The van der Waals surface area contributed by atoms with Crippen molar-refractivity contribution in [1.29, 1.82) is 0 Å². The molecular weight excluding hydrogens is 178 g/mol. The maximum absolute atomic E-state index is 11.7. The van der Waals surface area contributed by atoms with Gasteiger partial charge in [-0.1, -0.05) is 0 Å². The van der Waals surface area contributed by atoms with Crippen LogP contribution >= 0.6 is 0 Å². The predicted molar refractivity (Wildman–Crippen MR) is 55.5 cm³/mol. The van der Waals surface area contributed by atoms with E-state index in [0.717, 1.165) is 0 Å². The largest absolute Gasteiger partial charge is 0.352 e. The highest BCUT2D eigenvalue weighted by atomic mass is 16.1. The van der Waals surface area contributed by atoms with Crippen molar-refractivity contribution in [2.75, 3.05) is 11.9 Å². The number of aromatic nitrogens is 2. The maximum Gasteiger partial charge on any atom is 0.293 e. The molecule has 1 saturated carbocycles. The number of nitrogens with zero attached hydrogens (tertiary/aromatic N) is 3. The number of anilines is 1. The first kappa shape index (κ1) is 9.24. The number of rotatable bonds is 2. The van der Waals surface area contributed by atoms with Gasteiger partial charge in [0, 0.05) is 32.5 Å².